The molecule has 0 aliphatic heterocycles. The van der Waals surface area contributed by atoms with Gasteiger partial charge in [0.15, 0.2) is 0 Å². The van der Waals surface area contributed by atoms with E-state index in [2.05, 4.69) is 21.2 Å². The predicted octanol–water partition coefficient (Wildman–Crippen LogP) is 2.82. The van der Waals surface area contributed by atoms with Crippen LogP contribution in [0.5, 0.6) is 5.75 Å². The van der Waals surface area contributed by atoms with Crippen LogP contribution in [-0.4, -0.2) is 26.2 Å². The van der Waals surface area contributed by atoms with Crippen LogP contribution in [0.25, 0.3) is 0 Å². The second kappa shape index (κ2) is 6.49. The van der Waals surface area contributed by atoms with E-state index >= 15 is 0 Å². The first-order valence-electron chi connectivity index (χ1n) is 5.30. The van der Waals surface area contributed by atoms with Crippen LogP contribution in [0.1, 0.15) is 13.3 Å². The van der Waals surface area contributed by atoms with Gasteiger partial charge in [-0.1, -0.05) is 6.92 Å². The Labute approximate surface area is 109 Å². The van der Waals surface area contributed by atoms with Gasteiger partial charge in [0, 0.05) is 10.5 Å². The van der Waals surface area contributed by atoms with E-state index in [4.69, 9.17) is 9.47 Å². The molecule has 0 saturated heterocycles. The van der Waals surface area contributed by atoms with Gasteiger partial charge in [-0.15, -0.1) is 0 Å². The number of hydrogen-bond acceptors (Lipinski definition) is 4. The fourth-order valence-electron chi connectivity index (χ4n) is 1.40. The van der Waals surface area contributed by atoms with Crippen LogP contribution in [0.2, 0.25) is 0 Å². The van der Waals surface area contributed by atoms with Crippen molar-refractivity contribution in [2.75, 3.05) is 19.5 Å². The lowest BCUT2D eigenvalue weighted by molar-refractivity contribution is -0.141. The molecule has 94 valence electrons. The Kier molecular flexibility index (Phi) is 5.28. The third-order valence-electron chi connectivity index (χ3n) is 2.40. The van der Waals surface area contributed by atoms with Crippen molar-refractivity contribution in [1.29, 1.82) is 0 Å². The van der Waals surface area contributed by atoms with Crippen molar-refractivity contribution < 1.29 is 14.3 Å². The summed E-state index contributed by atoms with van der Waals surface area (Å²) in [4.78, 5) is 11.5. The lowest BCUT2D eigenvalue weighted by atomic mass is 10.2. The molecule has 1 atom stereocenters. The standard InChI is InChI=1S/C12H16BrNO3/c1-4-10(12(15)17-3)14-11-7-8(16-2)5-6-9(11)13/h5-7,10,14H,4H2,1-3H3. The van der Waals surface area contributed by atoms with Crippen LogP contribution in [0, 0.1) is 0 Å². The van der Waals surface area contributed by atoms with Crippen LogP contribution in [0.3, 0.4) is 0 Å². The van der Waals surface area contributed by atoms with E-state index in [1.54, 1.807) is 7.11 Å². The Hall–Kier alpha value is -1.23. The summed E-state index contributed by atoms with van der Waals surface area (Å²) in [5, 5.41) is 3.12. The summed E-state index contributed by atoms with van der Waals surface area (Å²) in [5.41, 5.74) is 0.807. The Bertz CT molecular complexity index is 395. The van der Waals surface area contributed by atoms with Crippen molar-refractivity contribution >= 4 is 27.6 Å². The molecule has 5 heteroatoms. The highest BCUT2D eigenvalue weighted by Gasteiger charge is 2.17. The van der Waals surface area contributed by atoms with Crippen LogP contribution < -0.4 is 10.1 Å². The Balaban J connectivity index is 2.88. The molecule has 1 aromatic rings. The summed E-state index contributed by atoms with van der Waals surface area (Å²) in [6.45, 7) is 1.92. The maximum Gasteiger partial charge on any atom is 0.328 e. The van der Waals surface area contributed by atoms with Gasteiger partial charge in [0.05, 0.1) is 19.9 Å². The monoisotopic (exact) mass is 301 g/mol. The van der Waals surface area contributed by atoms with Gasteiger partial charge in [0.2, 0.25) is 0 Å². The van der Waals surface area contributed by atoms with Gasteiger partial charge in [0.1, 0.15) is 11.8 Å². The van der Waals surface area contributed by atoms with Crippen LogP contribution in [-0.2, 0) is 9.53 Å². The number of halogens is 1. The highest BCUT2D eigenvalue weighted by Crippen LogP contribution is 2.28. The molecule has 1 rings (SSSR count). The number of methoxy groups -OCH3 is 2. The fourth-order valence-corrected chi connectivity index (χ4v) is 1.76. The predicted molar refractivity (Wildman–Crippen MR) is 70.4 cm³/mol. The van der Waals surface area contributed by atoms with Crippen LogP contribution >= 0.6 is 15.9 Å². The minimum Gasteiger partial charge on any atom is -0.497 e. The lowest BCUT2D eigenvalue weighted by Gasteiger charge is -2.17. The number of ether oxygens (including phenoxy) is 2. The molecule has 0 fully saturated rings. The minimum absolute atomic E-state index is 0.276. The second-order valence-corrected chi connectivity index (χ2v) is 4.33. The number of esters is 1. The van der Waals surface area contributed by atoms with Crippen molar-refractivity contribution in [1.82, 2.24) is 0 Å². The van der Waals surface area contributed by atoms with Gasteiger partial charge in [-0.25, -0.2) is 4.79 Å². The SMILES string of the molecule is CCC(Nc1cc(OC)ccc1Br)C(=O)OC. The molecule has 0 aliphatic carbocycles. The molecule has 0 bridgehead atoms. The molecule has 0 heterocycles. The Morgan fingerprint density at radius 2 is 2.18 bits per heavy atom. The molecule has 1 aromatic carbocycles. The smallest absolute Gasteiger partial charge is 0.328 e. The summed E-state index contributed by atoms with van der Waals surface area (Å²) in [7, 11) is 2.98. The van der Waals surface area contributed by atoms with Gasteiger partial charge in [-0.2, -0.15) is 0 Å². The van der Waals surface area contributed by atoms with E-state index < -0.39 is 0 Å². The molecule has 1 unspecified atom stereocenters. The number of carbonyl (C=O) groups excluding carboxylic acids is 1. The molecule has 17 heavy (non-hydrogen) atoms. The molecule has 0 radical (unpaired) electrons. The van der Waals surface area contributed by atoms with Gasteiger partial charge < -0.3 is 14.8 Å². The number of hydrogen-bond donors (Lipinski definition) is 1. The Morgan fingerprint density at radius 3 is 2.71 bits per heavy atom. The number of carbonyl (C=O) groups is 1. The van der Waals surface area contributed by atoms with Crippen molar-refractivity contribution in [3.05, 3.63) is 22.7 Å². The highest BCUT2D eigenvalue weighted by molar-refractivity contribution is 9.10. The van der Waals surface area contributed by atoms with E-state index in [0.717, 1.165) is 15.9 Å². The lowest BCUT2D eigenvalue weighted by Crippen LogP contribution is -2.29. The molecular formula is C12H16BrNO3. The quantitative estimate of drug-likeness (QED) is 0.850. The molecular weight excluding hydrogens is 286 g/mol. The number of benzene rings is 1. The molecule has 1 N–H and O–H groups in total. The number of nitrogens with one attached hydrogen (secondary N) is 1. The van der Waals surface area contributed by atoms with E-state index in [1.807, 2.05) is 25.1 Å². The zero-order valence-corrected chi connectivity index (χ0v) is 11.7. The van der Waals surface area contributed by atoms with Crippen molar-refractivity contribution in [2.24, 2.45) is 0 Å². The van der Waals surface area contributed by atoms with Gasteiger partial charge >= 0.3 is 5.97 Å². The van der Waals surface area contributed by atoms with Gasteiger partial charge in [-0.3, -0.25) is 0 Å². The largest absolute Gasteiger partial charge is 0.497 e. The molecule has 0 saturated carbocycles. The van der Waals surface area contributed by atoms with Gasteiger partial charge in [-0.05, 0) is 34.5 Å². The average molecular weight is 302 g/mol. The summed E-state index contributed by atoms with van der Waals surface area (Å²) in [6.07, 6.45) is 0.649. The molecule has 0 aliphatic rings. The maximum atomic E-state index is 11.5. The van der Waals surface area contributed by atoms with Crippen LogP contribution in [0.4, 0.5) is 5.69 Å². The van der Waals surface area contributed by atoms with E-state index in [0.29, 0.717) is 6.42 Å². The summed E-state index contributed by atoms with van der Waals surface area (Å²) < 4.78 is 10.7. The molecule has 0 spiro atoms. The highest BCUT2D eigenvalue weighted by atomic mass is 79.9. The third kappa shape index (κ3) is 3.63. The molecule has 0 amide bonds. The number of anilines is 1. The topological polar surface area (TPSA) is 47.6 Å². The molecule has 4 nitrogen and oxygen atoms in total. The summed E-state index contributed by atoms with van der Waals surface area (Å²) in [6, 6.07) is 5.18. The van der Waals surface area contributed by atoms with Crippen molar-refractivity contribution in [3.63, 3.8) is 0 Å². The zero-order chi connectivity index (χ0) is 12.8. The van der Waals surface area contributed by atoms with Gasteiger partial charge in [0.25, 0.3) is 0 Å². The summed E-state index contributed by atoms with van der Waals surface area (Å²) >= 11 is 3.42. The molecule has 0 aromatic heterocycles. The minimum atomic E-state index is -0.358. The van der Waals surface area contributed by atoms with Crippen molar-refractivity contribution in [3.8, 4) is 5.75 Å². The fraction of sp³-hybridized carbons (Fsp3) is 0.417. The third-order valence-corrected chi connectivity index (χ3v) is 3.09. The number of rotatable bonds is 5. The Morgan fingerprint density at radius 1 is 1.47 bits per heavy atom. The second-order valence-electron chi connectivity index (χ2n) is 3.47. The summed E-state index contributed by atoms with van der Waals surface area (Å²) in [5.74, 6) is 0.456. The van der Waals surface area contributed by atoms with E-state index in [1.165, 1.54) is 7.11 Å². The van der Waals surface area contributed by atoms with E-state index in [9.17, 15) is 4.79 Å². The normalized spacial score (nSPS) is 11.8. The van der Waals surface area contributed by atoms with Crippen molar-refractivity contribution in [2.45, 2.75) is 19.4 Å². The first-order valence-corrected chi connectivity index (χ1v) is 6.09. The van der Waals surface area contributed by atoms with E-state index in [-0.39, 0.29) is 12.0 Å². The first kappa shape index (κ1) is 13.8. The zero-order valence-electron chi connectivity index (χ0n) is 10.1. The first-order chi connectivity index (χ1) is 8.12. The maximum absolute atomic E-state index is 11.5. The van der Waals surface area contributed by atoms with Crippen LogP contribution in [0.15, 0.2) is 22.7 Å². The average Bonchev–Trinajstić information content (AvgIpc) is 2.36.